The van der Waals surface area contributed by atoms with Crippen LogP contribution < -0.4 is 10.6 Å². The number of rotatable bonds is 3. The number of likely N-dealkylation sites (N-methyl/N-ethyl adjacent to an activating group) is 1. The summed E-state index contributed by atoms with van der Waals surface area (Å²) in [5.74, 6) is 0.106. The van der Waals surface area contributed by atoms with Gasteiger partial charge >= 0.3 is 0 Å². The Morgan fingerprint density at radius 2 is 2.18 bits per heavy atom. The van der Waals surface area contributed by atoms with Crippen molar-refractivity contribution in [2.45, 2.75) is 31.7 Å². The topological polar surface area (TPSA) is 41.1 Å². The summed E-state index contributed by atoms with van der Waals surface area (Å²) in [6.45, 7) is 2.53. The molecule has 1 saturated carbocycles. The number of carbonyl (C=O) groups excluding carboxylic acids is 1. The molecule has 3 heteroatoms. The Morgan fingerprint density at radius 3 is 2.55 bits per heavy atom. The van der Waals surface area contributed by atoms with Gasteiger partial charge in [0.25, 0.3) is 0 Å². The fraction of sp³-hybridized carbons (Fsp3) is 0.875. The smallest absolute Gasteiger partial charge is 0.234 e. The zero-order valence-electron chi connectivity index (χ0n) is 7.24. The van der Waals surface area contributed by atoms with E-state index in [1.807, 2.05) is 0 Å². The second kappa shape index (κ2) is 3.22. The molecule has 2 N–H and O–H groups in total. The van der Waals surface area contributed by atoms with Crippen LogP contribution in [0.3, 0.4) is 0 Å². The maximum Gasteiger partial charge on any atom is 0.234 e. The first-order valence-electron chi connectivity index (χ1n) is 4.12. The molecule has 1 rings (SSSR count). The van der Waals surface area contributed by atoms with Gasteiger partial charge in [0.05, 0.1) is 6.54 Å². The molecule has 64 valence electrons. The third kappa shape index (κ3) is 2.19. The first kappa shape index (κ1) is 8.53. The third-order valence-electron chi connectivity index (χ3n) is 2.24. The van der Waals surface area contributed by atoms with Crippen LogP contribution in [-0.2, 0) is 4.79 Å². The van der Waals surface area contributed by atoms with E-state index < -0.39 is 0 Å². The van der Waals surface area contributed by atoms with Crippen molar-refractivity contribution in [3.05, 3.63) is 0 Å². The molecule has 11 heavy (non-hydrogen) atoms. The van der Waals surface area contributed by atoms with Crippen molar-refractivity contribution in [1.29, 1.82) is 0 Å². The van der Waals surface area contributed by atoms with Crippen molar-refractivity contribution < 1.29 is 4.79 Å². The van der Waals surface area contributed by atoms with Gasteiger partial charge < -0.3 is 10.6 Å². The summed E-state index contributed by atoms with van der Waals surface area (Å²) in [7, 11) is 1.78. The molecule has 0 aromatic rings. The van der Waals surface area contributed by atoms with Gasteiger partial charge in [-0.15, -0.1) is 0 Å². The van der Waals surface area contributed by atoms with Gasteiger partial charge in [-0.1, -0.05) is 0 Å². The van der Waals surface area contributed by atoms with Gasteiger partial charge in [0.2, 0.25) is 5.91 Å². The zero-order chi connectivity index (χ0) is 8.32. The normalized spacial score (nSPS) is 20.5. The average molecular weight is 156 g/mol. The molecular formula is C8H16N2O. The van der Waals surface area contributed by atoms with E-state index in [2.05, 4.69) is 17.6 Å². The van der Waals surface area contributed by atoms with Crippen LogP contribution in [0.1, 0.15) is 26.2 Å². The van der Waals surface area contributed by atoms with Gasteiger partial charge in [-0.25, -0.2) is 0 Å². The van der Waals surface area contributed by atoms with Gasteiger partial charge in [-0.2, -0.15) is 0 Å². The molecule has 3 nitrogen and oxygen atoms in total. The molecule has 1 amide bonds. The summed E-state index contributed by atoms with van der Waals surface area (Å²) >= 11 is 0. The Morgan fingerprint density at radius 1 is 1.55 bits per heavy atom. The summed E-state index contributed by atoms with van der Waals surface area (Å²) in [6, 6.07) is 0. The van der Waals surface area contributed by atoms with Crippen LogP contribution in [0, 0.1) is 0 Å². The van der Waals surface area contributed by atoms with E-state index in [4.69, 9.17) is 0 Å². The second-order valence-corrected chi connectivity index (χ2v) is 3.49. The second-order valence-electron chi connectivity index (χ2n) is 3.49. The highest BCUT2D eigenvalue weighted by molar-refractivity contribution is 5.78. The van der Waals surface area contributed by atoms with Gasteiger partial charge in [0.15, 0.2) is 0 Å². The highest BCUT2D eigenvalue weighted by Crippen LogP contribution is 2.30. The summed E-state index contributed by atoms with van der Waals surface area (Å²) < 4.78 is 0. The zero-order valence-corrected chi connectivity index (χ0v) is 7.24. The third-order valence-corrected chi connectivity index (χ3v) is 2.24. The molecule has 1 aliphatic carbocycles. The number of hydrogen-bond acceptors (Lipinski definition) is 2. The summed E-state index contributed by atoms with van der Waals surface area (Å²) in [6.07, 6.45) is 3.50. The SMILES string of the molecule is CNCC(=O)NC1(C)CCC1. The molecule has 0 aromatic heterocycles. The minimum Gasteiger partial charge on any atom is -0.350 e. The predicted molar refractivity (Wildman–Crippen MR) is 44.3 cm³/mol. The lowest BCUT2D eigenvalue weighted by Crippen LogP contribution is -2.52. The first-order valence-corrected chi connectivity index (χ1v) is 4.12. The maximum atomic E-state index is 11.1. The van der Waals surface area contributed by atoms with Crippen LogP contribution in [0.15, 0.2) is 0 Å². The molecule has 0 aliphatic heterocycles. The van der Waals surface area contributed by atoms with E-state index in [0.29, 0.717) is 6.54 Å². The number of nitrogens with one attached hydrogen (secondary N) is 2. The molecule has 0 atom stereocenters. The van der Waals surface area contributed by atoms with Crippen molar-refractivity contribution in [2.24, 2.45) is 0 Å². The molecular weight excluding hydrogens is 140 g/mol. The van der Waals surface area contributed by atoms with E-state index in [-0.39, 0.29) is 11.4 Å². The Balaban J connectivity index is 2.23. The summed E-state index contributed by atoms with van der Waals surface area (Å²) in [5, 5.41) is 5.82. The lowest BCUT2D eigenvalue weighted by atomic mass is 9.78. The van der Waals surface area contributed by atoms with Crippen molar-refractivity contribution >= 4 is 5.91 Å². The van der Waals surface area contributed by atoms with Crippen molar-refractivity contribution in [1.82, 2.24) is 10.6 Å². The first-order chi connectivity index (χ1) is 5.16. The minimum atomic E-state index is 0.105. The molecule has 0 saturated heterocycles. The molecule has 0 aromatic carbocycles. The fourth-order valence-corrected chi connectivity index (χ4v) is 1.37. The van der Waals surface area contributed by atoms with Crippen molar-refractivity contribution in [2.75, 3.05) is 13.6 Å². The van der Waals surface area contributed by atoms with Crippen molar-refractivity contribution in [3.8, 4) is 0 Å². The van der Waals surface area contributed by atoms with E-state index >= 15 is 0 Å². The lowest BCUT2D eigenvalue weighted by molar-refractivity contribution is -0.122. The van der Waals surface area contributed by atoms with Crippen molar-refractivity contribution in [3.63, 3.8) is 0 Å². The van der Waals surface area contributed by atoms with Gasteiger partial charge in [0, 0.05) is 5.54 Å². The van der Waals surface area contributed by atoms with E-state index in [9.17, 15) is 4.79 Å². The molecule has 0 radical (unpaired) electrons. The quantitative estimate of drug-likeness (QED) is 0.615. The average Bonchev–Trinajstić information content (AvgIpc) is 1.85. The monoisotopic (exact) mass is 156 g/mol. The van der Waals surface area contributed by atoms with Crippen LogP contribution in [0.2, 0.25) is 0 Å². The Bertz CT molecular complexity index is 152. The standard InChI is InChI=1S/C8H16N2O/c1-8(4-3-5-8)10-7(11)6-9-2/h9H,3-6H2,1-2H3,(H,10,11). The fourth-order valence-electron chi connectivity index (χ4n) is 1.37. The number of carbonyl (C=O) groups is 1. The van der Waals surface area contributed by atoms with E-state index in [1.54, 1.807) is 7.05 Å². The molecule has 0 spiro atoms. The Hall–Kier alpha value is -0.570. The summed E-state index contributed by atoms with van der Waals surface area (Å²) in [5.41, 5.74) is 0.105. The van der Waals surface area contributed by atoms with Crippen LogP contribution in [-0.4, -0.2) is 25.0 Å². The number of hydrogen-bond donors (Lipinski definition) is 2. The highest BCUT2D eigenvalue weighted by atomic mass is 16.2. The molecule has 0 bridgehead atoms. The predicted octanol–water partition coefficient (Wildman–Crippen LogP) is 0.265. The van der Waals surface area contributed by atoms with Crippen LogP contribution in [0.5, 0.6) is 0 Å². The van der Waals surface area contributed by atoms with Gasteiger partial charge in [-0.05, 0) is 33.2 Å². The van der Waals surface area contributed by atoms with E-state index in [0.717, 1.165) is 12.8 Å². The van der Waals surface area contributed by atoms with Gasteiger partial charge in [0.1, 0.15) is 0 Å². The van der Waals surface area contributed by atoms with Crippen LogP contribution in [0.25, 0.3) is 0 Å². The maximum absolute atomic E-state index is 11.1. The molecule has 1 fully saturated rings. The van der Waals surface area contributed by atoms with Crippen LogP contribution in [0.4, 0.5) is 0 Å². The molecule has 0 unspecified atom stereocenters. The lowest BCUT2D eigenvalue weighted by Gasteiger charge is -2.39. The number of amides is 1. The minimum absolute atomic E-state index is 0.105. The highest BCUT2D eigenvalue weighted by Gasteiger charge is 2.32. The Labute approximate surface area is 67.5 Å². The Kier molecular flexibility index (Phi) is 2.49. The molecule has 1 aliphatic rings. The van der Waals surface area contributed by atoms with Crippen LogP contribution >= 0.6 is 0 Å². The van der Waals surface area contributed by atoms with Gasteiger partial charge in [-0.3, -0.25) is 4.79 Å². The largest absolute Gasteiger partial charge is 0.350 e. The molecule has 0 heterocycles. The van der Waals surface area contributed by atoms with E-state index in [1.165, 1.54) is 6.42 Å². The summed E-state index contributed by atoms with van der Waals surface area (Å²) in [4.78, 5) is 11.1.